The molecule has 1 aromatic heterocycles. The average Bonchev–Trinajstić information content (AvgIpc) is 3.23. The molecule has 0 amide bonds. The van der Waals surface area contributed by atoms with E-state index in [-0.39, 0.29) is 23.9 Å². The first-order valence-corrected chi connectivity index (χ1v) is 9.99. The fraction of sp³-hybridized carbons (Fsp3) is 0.292. The van der Waals surface area contributed by atoms with Crippen LogP contribution < -0.4 is 10.4 Å². The molecule has 1 atom stereocenters. The largest absolute Gasteiger partial charge is 0.465 e. The number of carbonyl (C=O) groups excluding carboxylic acids is 2. The maximum Gasteiger partial charge on any atom is 0.339 e. The number of methoxy groups -OCH3 is 1. The number of benzene rings is 2. The Bertz CT molecular complexity index is 1270. The molecule has 3 aromatic rings. The molecular formula is C24H20O6. The van der Waals surface area contributed by atoms with Gasteiger partial charge in [0.05, 0.1) is 24.5 Å². The first-order valence-electron chi connectivity index (χ1n) is 9.99. The molecule has 0 radical (unpaired) electrons. The summed E-state index contributed by atoms with van der Waals surface area (Å²) >= 11 is 0. The van der Waals surface area contributed by atoms with Gasteiger partial charge in [-0.1, -0.05) is 12.1 Å². The number of rotatable bonds is 2. The number of ether oxygens (including phenoxy) is 2. The summed E-state index contributed by atoms with van der Waals surface area (Å²) in [4.78, 5) is 36.7. The van der Waals surface area contributed by atoms with E-state index in [4.69, 9.17) is 13.9 Å². The summed E-state index contributed by atoms with van der Waals surface area (Å²) in [6.45, 7) is 1.93. The van der Waals surface area contributed by atoms with E-state index in [0.29, 0.717) is 28.9 Å². The summed E-state index contributed by atoms with van der Waals surface area (Å²) in [7, 11) is 1.34. The highest BCUT2D eigenvalue weighted by molar-refractivity contribution is 5.95. The lowest BCUT2D eigenvalue weighted by Crippen LogP contribution is -2.23. The summed E-state index contributed by atoms with van der Waals surface area (Å²) in [5, 5.41) is 0.743. The standard InChI is InChI=1S/C24H20O6/c1-12-10-18-21(15-4-3-5-16(15)24(27)29-18)22-20(12)17(11-19(25)30-22)13-6-8-14(9-7-13)23(26)28-2/h6-10,17H,3-5,11H2,1-2H3/t17-/m1/s1. The van der Waals surface area contributed by atoms with Crippen LogP contribution in [0.4, 0.5) is 0 Å². The minimum Gasteiger partial charge on any atom is -0.465 e. The van der Waals surface area contributed by atoms with E-state index < -0.39 is 5.97 Å². The summed E-state index contributed by atoms with van der Waals surface area (Å²) < 4.78 is 16.1. The van der Waals surface area contributed by atoms with Gasteiger partial charge < -0.3 is 13.9 Å². The van der Waals surface area contributed by atoms with Crippen molar-refractivity contribution in [2.45, 2.75) is 38.5 Å². The van der Waals surface area contributed by atoms with Crippen LogP contribution in [0.2, 0.25) is 0 Å². The smallest absolute Gasteiger partial charge is 0.339 e. The zero-order chi connectivity index (χ0) is 21.0. The molecule has 0 bridgehead atoms. The lowest BCUT2D eigenvalue weighted by atomic mass is 9.82. The molecule has 1 aliphatic carbocycles. The normalized spacial score (nSPS) is 17.4. The van der Waals surface area contributed by atoms with E-state index in [1.165, 1.54) is 7.11 Å². The lowest BCUT2D eigenvalue weighted by molar-refractivity contribution is -0.135. The highest BCUT2D eigenvalue weighted by Gasteiger charge is 2.34. The van der Waals surface area contributed by atoms with Gasteiger partial charge in [-0.05, 0) is 61.1 Å². The van der Waals surface area contributed by atoms with Gasteiger partial charge in [-0.2, -0.15) is 0 Å². The third-order valence-corrected chi connectivity index (χ3v) is 6.13. The van der Waals surface area contributed by atoms with E-state index in [9.17, 15) is 14.4 Å². The second-order valence-electron chi connectivity index (χ2n) is 7.85. The molecule has 2 aromatic carbocycles. The number of esters is 2. The summed E-state index contributed by atoms with van der Waals surface area (Å²) in [5.74, 6) is -0.432. The van der Waals surface area contributed by atoms with E-state index >= 15 is 0 Å². The van der Waals surface area contributed by atoms with Gasteiger partial charge in [0, 0.05) is 17.0 Å². The molecule has 0 fully saturated rings. The molecule has 0 unspecified atom stereocenters. The van der Waals surface area contributed by atoms with Crippen molar-refractivity contribution in [2.75, 3.05) is 7.11 Å². The predicted molar refractivity (Wildman–Crippen MR) is 109 cm³/mol. The second-order valence-corrected chi connectivity index (χ2v) is 7.85. The van der Waals surface area contributed by atoms with Crippen LogP contribution in [0.5, 0.6) is 5.75 Å². The zero-order valence-electron chi connectivity index (χ0n) is 16.7. The second kappa shape index (κ2) is 6.83. The van der Waals surface area contributed by atoms with Crippen LogP contribution in [0, 0.1) is 6.92 Å². The van der Waals surface area contributed by atoms with Crippen molar-refractivity contribution in [3.8, 4) is 5.75 Å². The van der Waals surface area contributed by atoms with Crippen molar-refractivity contribution in [1.82, 2.24) is 0 Å². The SMILES string of the molecule is COC(=O)c1ccc([C@H]2CC(=O)Oc3c2c(C)cc2oc(=O)c4c(c32)CCC4)cc1. The molecule has 6 nitrogen and oxygen atoms in total. The van der Waals surface area contributed by atoms with Crippen molar-refractivity contribution < 1.29 is 23.5 Å². The van der Waals surface area contributed by atoms with E-state index in [1.54, 1.807) is 12.1 Å². The first kappa shape index (κ1) is 18.6. The monoisotopic (exact) mass is 404 g/mol. The minimum atomic E-state index is -0.405. The topological polar surface area (TPSA) is 82.8 Å². The average molecular weight is 404 g/mol. The molecular weight excluding hydrogens is 384 g/mol. The van der Waals surface area contributed by atoms with Gasteiger partial charge >= 0.3 is 17.6 Å². The van der Waals surface area contributed by atoms with Gasteiger partial charge in [-0.15, -0.1) is 0 Å². The molecule has 152 valence electrons. The Kier molecular flexibility index (Phi) is 4.24. The number of aryl methyl sites for hydroxylation is 2. The van der Waals surface area contributed by atoms with Crippen LogP contribution in [0.1, 0.15) is 56.9 Å². The molecule has 5 rings (SSSR count). The van der Waals surface area contributed by atoms with Gasteiger partial charge in [0.2, 0.25) is 0 Å². The van der Waals surface area contributed by atoms with E-state index in [2.05, 4.69) is 0 Å². The van der Waals surface area contributed by atoms with Crippen molar-refractivity contribution in [3.63, 3.8) is 0 Å². The highest BCUT2D eigenvalue weighted by Crippen LogP contribution is 2.46. The van der Waals surface area contributed by atoms with Crippen LogP contribution in [0.3, 0.4) is 0 Å². The third-order valence-electron chi connectivity index (χ3n) is 6.13. The molecule has 0 spiro atoms. The summed E-state index contributed by atoms with van der Waals surface area (Å²) in [6.07, 6.45) is 2.54. The first-order chi connectivity index (χ1) is 14.5. The lowest BCUT2D eigenvalue weighted by Gasteiger charge is -2.28. The Labute approximate surface area is 172 Å². The number of carbonyl (C=O) groups is 2. The third kappa shape index (κ3) is 2.75. The quantitative estimate of drug-likeness (QED) is 0.367. The van der Waals surface area contributed by atoms with Crippen LogP contribution in [0.15, 0.2) is 39.5 Å². The van der Waals surface area contributed by atoms with Gasteiger partial charge in [0.1, 0.15) is 11.3 Å². The molecule has 2 heterocycles. The Hall–Kier alpha value is -3.41. The number of hydrogen-bond donors (Lipinski definition) is 0. The Morgan fingerprint density at radius 3 is 2.57 bits per heavy atom. The van der Waals surface area contributed by atoms with Gasteiger partial charge in [-0.3, -0.25) is 4.79 Å². The van der Waals surface area contributed by atoms with Crippen molar-refractivity contribution in [1.29, 1.82) is 0 Å². The van der Waals surface area contributed by atoms with Crippen LogP contribution in [-0.4, -0.2) is 19.0 Å². The Morgan fingerprint density at radius 1 is 1.10 bits per heavy atom. The van der Waals surface area contributed by atoms with Gasteiger partial charge in [0.25, 0.3) is 0 Å². The Balaban J connectivity index is 1.73. The van der Waals surface area contributed by atoms with Gasteiger partial charge in [0.15, 0.2) is 0 Å². The molecule has 0 saturated carbocycles. The van der Waals surface area contributed by atoms with Crippen LogP contribution in [-0.2, 0) is 22.4 Å². The van der Waals surface area contributed by atoms with Crippen molar-refractivity contribution >= 4 is 22.9 Å². The van der Waals surface area contributed by atoms with Crippen molar-refractivity contribution in [3.05, 3.63) is 74.1 Å². The molecule has 2 aliphatic rings. The van der Waals surface area contributed by atoms with Crippen LogP contribution >= 0.6 is 0 Å². The molecule has 1 aliphatic heterocycles. The van der Waals surface area contributed by atoms with Crippen LogP contribution in [0.25, 0.3) is 11.0 Å². The molecule has 30 heavy (non-hydrogen) atoms. The molecule has 0 N–H and O–H groups in total. The summed E-state index contributed by atoms with van der Waals surface area (Å²) in [6, 6.07) is 8.96. The Morgan fingerprint density at radius 2 is 1.83 bits per heavy atom. The molecule has 0 saturated heterocycles. The fourth-order valence-corrected chi connectivity index (χ4v) is 4.76. The van der Waals surface area contributed by atoms with E-state index in [1.807, 2.05) is 25.1 Å². The highest BCUT2D eigenvalue weighted by atomic mass is 16.5. The predicted octanol–water partition coefficient (Wildman–Crippen LogP) is 3.82. The summed E-state index contributed by atoms with van der Waals surface area (Å²) in [5.41, 5.74) is 4.98. The maximum absolute atomic E-state index is 12.6. The molecule has 6 heteroatoms. The van der Waals surface area contributed by atoms with Crippen molar-refractivity contribution in [2.24, 2.45) is 0 Å². The maximum atomic E-state index is 12.6. The van der Waals surface area contributed by atoms with Gasteiger partial charge in [-0.25, -0.2) is 9.59 Å². The zero-order valence-corrected chi connectivity index (χ0v) is 16.7. The number of hydrogen-bond acceptors (Lipinski definition) is 6. The fourth-order valence-electron chi connectivity index (χ4n) is 4.76. The van der Waals surface area contributed by atoms with E-state index in [0.717, 1.165) is 40.5 Å². The number of fused-ring (bicyclic) bond motifs is 5. The minimum absolute atomic E-state index is 0.204.